The van der Waals surface area contributed by atoms with Crippen LogP contribution in [0, 0.1) is 0 Å². The van der Waals surface area contributed by atoms with Crippen molar-refractivity contribution >= 4 is 17.6 Å². The van der Waals surface area contributed by atoms with Gasteiger partial charge in [0.1, 0.15) is 5.75 Å². The Labute approximate surface area is 159 Å². The van der Waals surface area contributed by atoms with Gasteiger partial charge in [-0.05, 0) is 50.2 Å². The van der Waals surface area contributed by atoms with E-state index in [0.29, 0.717) is 0 Å². The van der Waals surface area contributed by atoms with Gasteiger partial charge in [-0.3, -0.25) is 4.79 Å². The second-order valence-corrected chi connectivity index (χ2v) is 5.88. The highest BCUT2D eigenvalue weighted by Gasteiger charge is 2.17. The third-order valence-electron chi connectivity index (χ3n) is 3.48. The zero-order valence-corrected chi connectivity index (χ0v) is 15.4. The highest BCUT2D eigenvalue weighted by Crippen LogP contribution is 2.31. The molecule has 2 aromatic rings. The summed E-state index contributed by atoms with van der Waals surface area (Å²) in [5.41, 5.74) is 0.213. The van der Waals surface area contributed by atoms with Crippen molar-refractivity contribution in [2.24, 2.45) is 0 Å². The van der Waals surface area contributed by atoms with Crippen molar-refractivity contribution < 1.29 is 37.7 Å². The Morgan fingerprint density at radius 3 is 2.18 bits per heavy atom. The summed E-state index contributed by atoms with van der Waals surface area (Å²) in [6, 6.07) is 7.76. The number of carbonyl (C=O) groups is 2. The van der Waals surface area contributed by atoms with Crippen LogP contribution in [0.4, 0.5) is 14.5 Å². The first-order chi connectivity index (χ1) is 13.2. The number of amides is 1. The van der Waals surface area contributed by atoms with E-state index >= 15 is 0 Å². The number of carboxylic acid groups (broad SMARTS) is 1. The maximum Gasteiger partial charge on any atom is 0.387 e. The molecule has 2 N–H and O–H groups in total. The van der Waals surface area contributed by atoms with E-state index in [1.165, 1.54) is 43.5 Å². The molecule has 0 saturated carbocycles. The summed E-state index contributed by atoms with van der Waals surface area (Å²) in [5.74, 6) is -1.76. The molecule has 0 bridgehead atoms. The van der Waals surface area contributed by atoms with Gasteiger partial charge in [0.25, 0.3) is 5.91 Å². The molecule has 9 heteroatoms. The van der Waals surface area contributed by atoms with Crippen molar-refractivity contribution in [2.75, 3.05) is 12.4 Å². The summed E-state index contributed by atoms with van der Waals surface area (Å²) in [6.07, 6.45) is -0.211. The maximum atomic E-state index is 12.6. The first kappa shape index (κ1) is 20.9. The number of rotatable bonds is 8. The predicted octanol–water partition coefficient (Wildman–Crippen LogP) is 4.03. The fourth-order valence-electron chi connectivity index (χ4n) is 2.31. The Bertz CT molecular complexity index is 869. The lowest BCUT2D eigenvalue weighted by atomic mass is 10.1. The fourth-order valence-corrected chi connectivity index (χ4v) is 2.31. The second kappa shape index (κ2) is 9.03. The van der Waals surface area contributed by atoms with Gasteiger partial charge in [-0.1, -0.05) is 0 Å². The van der Waals surface area contributed by atoms with E-state index in [4.69, 9.17) is 14.6 Å². The molecule has 1 amide bonds. The molecule has 0 aromatic heterocycles. The quantitative estimate of drug-likeness (QED) is 0.701. The molecule has 0 radical (unpaired) electrons. The third-order valence-corrected chi connectivity index (χ3v) is 3.48. The predicted molar refractivity (Wildman–Crippen MR) is 96.7 cm³/mol. The zero-order chi connectivity index (χ0) is 20.8. The molecule has 0 spiro atoms. The Hall–Kier alpha value is -3.36. The number of aromatic carboxylic acids is 1. The van der Waals surface area contributed by atoms with Crippen molar-refractivity contribution in [2.45, 2.75) is 26.6 Å². The second-order valence-electron chi connectivity index (χ2n) is 5.88. The van der Waals surface area contributed by atoms with Gasteiger partial charge < -0.3 is 24.6 Å². The molecular formula is C19H19F2NO6. The average Bonchev–Trinajstić information content (AvgIpc) is 2.62. The SMILES string of the molecule is COc1cc(C(=O)Nc2cc(C(=O)O)ccc2OC(C)C)ccc1OC(F)F. The monoisotopic (exact) mass is 395 g/mol. The maximum absolute atomic E-state index is 12.6. The first-order valence-electron chi connectivity index (χ1n) is 8.19. The van der Waals surface area contributed by atoms with Crippen molar-refractivity contribution in [1.29, 1.82) is 0 Å². The van der Waals surface area contributed by atoms with E-state index in [9.17, 15) is 18.4 Å². The molecule has 2 rings (SSSR count). The van der Waals surface area contributed by atoms with E-state index < -0.39 is 18.5 Å². The van der Waals surface area contributed by atoms with Gasteiger partial charge >= 0.3 is 12.6 Å². The molecule has 0 saturated heterocycles. The van der Waals surface area contributed by atoms with Crippen molar-refractivity contribution in [3.63, 3.8) is 0 Å². The zero-order valence-electron chi connectivity index (χ0n) is 15.4. The molecule has 28 heavy (non-hydrogen) atoms. The molecule has 7 nitrogen and oxygen atoms in total. The molecule has 0 fully saturated rings. The fraction of sp³-hybridized carbons (Fsp3) is 0.263. The number of carbonyl (C=O) groups excluding carboxylic acids is 1. The Kier molecular flexibility index (Phi) is 6.75. The van der Waals surface area contributed by atoms with Crippen LogP contribution >= 0.6 is 0 Å². The minimum Gasteiger partial charge on any atom is -0.493 e. The summed E-state index contributed by atoms with van der Waals surface area (Å²) >= 11 is 0. The number of alkyl halides is 2. The van der Waals surface area contributed by atoms with Gasteiger partial charge in [-0.15, -0.1) is 0 Å². The van der Waals surface area contributed by atoms with E-state index in [-0.39, 0.29) is 40.2 Å². The molecule has 0 heterocycles. The van der Waals surface area contributed by atoms with Gasteiger partial charge in [-0.2, -0.15) is 8.78 Å². The summed E-state index contributed by atoms with van der Waals surface area (Å²) in [5, 5.41) is 11.7. The molecule has 0 aliphatic carbocycles. The summed E-state index contributed by atoms with van der Waals surface area (Å²) < 4.78 is 39.7. The largest absolute Gasteiger partial charge is 0.493 e. The van der Waals surface area contributed by atoms with Crippen LogP contribution in [0.5, 0.6) is 17.2 Å². The average molecular weight is 395 g/mol. The van der Waals surface area contributed by atoms with E-state index in [1.54, 1.807) is 13.8 Å². The lowest BCUT2D eigenvalue weighted by molar-refractivity contribution is -0.0512. The number of hydrogen-bond donors (Lipinski definition) is 2. The number of carboxylic acids is 1. The number of nitrogens with one attached hydrogen (secondary N) is 1. The van der Waals surface area contributed by atoms with Crippen molar-refractivity contribution in [1.82, 2.24) is 0 Å². The van der Waals surface area contributed by atoms with Crippen molar-refractivity contribution in [3.8, 4) is 17.2 Å². The van der Waals surface area contributed by atoms with Crippen LogP contribution in [-0.2, 0) is 0 Å². The van der Waals surface area contributed by atoms with Gasteiger partial charge in [0.2, 0.25) is 0 Å². The topological polar surface area (TPSA) is 94.1 Å². The Balaban J connectivity index is 2.33. The summed E-state index contributed by atoms with van der Waals surface area (Å²) in [4.78, 5) is 23.8. The van der Waals surface area contributed by atoms with Gasteiger partial charge in [0.05, 0.1) is 24.5 Å². The molecular weight excluding hydrogens is 376 g/mol. The van der Waals surface area contributed by atoms with Gasteiger partial charge in [-0.25, -0.2) is 4.79 Å². The van der Waals surface area contributed by atoms with Crippen LogP contribution in [0.1, 0.15) is 34.6 Å². The standard InChI is InChI=1S/C19H19F2NO6/c1-10(2)27-14-6-5-12(18(24)25)8-13(14)22-17(23)11-4-7-15(28-19(20)21)16(9-11)26-3/h4-10,19H,1-3H3,(H,22,23)(H,24,25). The van der Waals surface area contributed by atoms with Crippen LogP contribution in [0.15, 0.2) is 36.4 Å². The van der Waals surface area contributed by atoms with Crippen LogP contribution < -0.4 is 19.5 Å². The number of hydrogen-bond acceptors (Lipinski definition) is 5. The summed E-state index contributed by atoms with van der Waals surface area (Å²) in [6.45, 7) is 0.523. The third kappa shape index (κ3) is 5.32. The molecule has 0 aliphatic heterocycles. The minimum atomic E-state index is -3.04. The lowest BCUT2D eigenvalue weighted by Gasteiger charge is -2.16. The number of halogens is 2. The highest BCUT2D eigenvalue weighted by molar-refractivity contribution is 6.06. The number of methoxy groups -OCH3 is 1. The molecule has 0 aliphatic rings. The smallest absolute Gasteiger partial charge is 0.387 e. The van der Waals surface area contributed by atoms with Crippen LogP contribution in [-0.4, -0.2) is 36.8 Å². The minimum absolute atomic E-state index is 0.0373. The van der Waals surface area contributed by atoms with Crippen molar-refractivity contribution in [3.05, 3.63) is 47.5 Å². The molecule has 0 atom stereocenters. The lowest BCUT2D eigenvalue weighted by Crippen LogP contribution is -2.15. The van der Waals surface area contributed by atoms with Gasteiger partial charge in [0, 0.05) is 5.56 Å². The molecule has 150 valence electrons. The normalized spacial score (nSPS) is 10.7. The van der Waals surface area contributed by atoms with E-state index in [1.807, 2.05) is 0 Å². The molecule has 0 unspecified atom stereocenters. The van der Waals surface area contributed by atoms with Crippen LogP contribution in [0.3, 0.4) is 0 Å². The van der Waals surface area contributed by atoms with E-state index in [0.717, 1.165) is 0 Å². The van der Waals surface area contributed by atoms with E-state index in [2.05, 4.69) is 10.1 Å². The first-order valence-corrected chi connectivity index (χ1v) is 8.19. The summed E-state index contributed by atoms with van der Waals surface area (Å²) in [7, 11) is 1.25. The Morgan fingerprint density at radius 1 is 0.964 bits per heavy atom. The number of ether oxygens (including phenoxy) is 3. The van der Waals surface area contributed by atoms with Crippen LogP contribution in [0.25, 0.3) is 0 Å². The highest BCUT2D eigenvalue weighted by atomic mass is 19.3. The van der Waals surface area contributed by atoms with Crippen LogP contribution in [0.2, 0.25) is 0 Å². The number of anilines is 1. The molecule has 2 aromatic carbocycles. The number of benzene rings is 2. The Morgan fingerprint density at radius 2 is 1.61 bits per heavy atom. The van der Waals surface area contributed by atoms with Gasteiger partial charge in [0.15, 0.2) is 11.5 Å².